The fourth-order valence-corrected chi connectivity index (χ4v) is 5.35. The van der Waals surface area contributed by atoms with E-state index in [1.165, 1.54) is 16.7 Å². The number of likely N-dealkylation sites (tertiary alicyclic amines) is 1. The number of carbonyl (C=O) groups is 1. The SMILES string of the molecule is CC(CCC(NC=O)N1CCC(c2ccc(Cl)cc2)CC1)(c1ccccc1)c1ccccc1.Cl. The lowest BCUT2D eigenvalue weighted by Gasteiger charge is -2.39. The van der Waals surface area contributed by atoms with Crippen LogP contribution >= 0.6 is 24.0 Å². The predicted molar refractivity (Wildman–Crippen MR) is 144 cm³/mol. The highest BCUT2D eigenvalue weighted by Gasteiger charge is 2.32. The Kier molecular flexibility index (Phi) is 9.58. The minimum Gasteiger partial charge on any atom is -0.343 e. The van der Waals surface area contributed by atoms with Crippen molar-refractivity contribution in [2.45, 2.75) is 50.1 Å². The van der Waals surface area contributed by atoms with Gasteiger partial charge in [-0.2, -0.15) is 0 Å². The minimum atomic E-state index is -0.118. The molecule has 180 valence electrons. The van der Waals surface area contributed by atoms with E-state index in [9.17, 15) is 4.79 Å². The van der Waals surface area contributed by atoms with Gasteiger partial charge in [0.2, 0.25) is 6.41 Å². The molecule has 4 rings (SSSR count). The summed E-state index contributed by atoms with van der Waals surface area (Å²) < 4.78 is 0. The van der Waals surface area contributed by atoms with E-state index in [2.05, 4.69) is 89.9 Å². The number of rotatable bonds is 9. The number of hydrogen-bond acceptors (Lipinski definition) is 2. The van der Waals surface area contributed by atoms with Gasteiger partial charge in [-0.1, -0.05) is 91.3 Å². The Morgan fingerprint density at radius 1 is 0.941 bits per heavy atom. The van der Waals surface area contributed by atoms with Crippen LogP contribution in [-0.2, 0) is 10.2 Å². The van der Waals surface area contributed by atoms with Crippen LogP contribution in [0.15, 0.2) is 84.9 Å². The molecule has 34 heavy (non-hydrogen) atoms. The maximum atomic E-state index is 11.5. The molecule has 1 unspecified atom stereocenters. The van der Waals surface area contributed by atoms with Crippen molar-refractivity contribution in [2.24, 2.45) is 0 Å². The number of amides is 1. The molecule has 1 fully saturated rings. The Bertz CT molecular complexity index is 964. The fraction of sp³-hybridized carbons (Fsp3) is 0.345. The highest BCUT2D eigenvalue weighted by atomic mass is 35.5. The van der Waals surface area contributed by atoms with Crippen LogP contribution in [0.25, 0.3) is 0 Å². The molecule has 5 heteroatoms. The number of nitrogens with zero attached hydrogens (tertiary/aromatic N) is 1. The molecule has 1 aliphatic heterocycles. The largest absolute Gasteiger partial charge is 0.343 e. The van der Waals surface area contributed by atoms with Crippen LogP contribution in [0.4, 0.5) is 0 Å². The molecule has 0 saturated carbocycles. The monoisotopic (exact) mass is 496 g/mol. The first-order chi connectivity index (χ1) is 16.1. The Labute approximate surface area is 214 Å². The molecule has 1 N–H and O–H groups in total. The highest BCUT2D eigenvalue weighted by Crippen LogP contribution is 2.37. The van der Waals surface area contributed by atoms with E-state index in [1.54, 1.807) is 0 Å². The van der Waals surface area contributed by atoms with E-state index >= 15 is 0 Å². The molecular formula is C29H34Cl2N2O. The van der Waals surface area contributed by atoms with Crippen molar-refractivity contribution in [3.63, 3.8) is 0 Å². The van der Waals surface area contributed by atoms with E-state index in [1.807, 2.05) is 12.1 Å². The maximum Gasteiger partial charge on any atom is 0.208 e. The van der Waals surface area contributed by atoms with Crippen LogP contribution in [0.1, 0.15) is 55.2 Å². The second-order valence-corrected chi connectivity index (χ2v) is 9.70. The molecule has 0 radical (unpaired) electrons. The van der Waals surface area contributed by atoms with Crippen LogP contribution in [-0.4, -0.2) is 30.6 Å². The van der Waals surface area contributed by atoms with Gasteiger partial charge in [-0.05, 0) is 60.4 Å². The first-order valence-electron chi connectivity index (χ1n) is 11.9. The zero-order valence-corrected chi connectivity index (χ0v) is 21.3. The Morgan fingerprint density at radius 3 is 1.97 bits per heavy atom. The summed E-state index contributed by atoms with van der Waals surface area (Å²) >= 11 is 6.06. The van der Waals surface area contributed by atoms with Crippen LogP contribution in [0.2, 0.25) is 5.02 Å². The van der Waals surface area contributed by atoms with E-state index < -0.39 is 0 Å². The number of carbonyl (C=O) groups excluding carboxylic acids is 1. The van der Waals surface area contributed by atoms with E-state index in [0.29, 0.717) is 5.92 Å². The molecular weight excluding hydrogens is 463 g/mol. The summed E-state index contributed by atoms with van der Waals surface area (Å²) in [6.07, 6.45) is 4.92. The van der Waals surface area contributed by atoms with Crippen molar-refractivity contribution in [3.8, 4) is 0 Å². The molecule has 0 aliphatic carbocycles. The summed E-state index contributed by atoms with van der Waals surface area (Å²) in [6, 6.07) is 29.7. The minimum absolute atomic E-state index is 0. The second kappa shape index (κ2) is 12.4. The van der Waals surface area contributed by atoms with Crippen molar-refractivity contribution in [3.05, 3.63) is 107 Å². The molecule has 3 aromatic rings. The second-order valence-electron chi connectivity index (χ2n) is 9.26. The molecule has 0 spiro atoms. The average Bonchev–Trinajstić information content (AvgIpc) is 2.88. The third-order valence-corrected chi connectivity index (χ3v) is 7.56. The zero-order valence-electron chi connectivity index (χ0n) is 19.7. The number of piperidine rings is 1. The number of hydrogen-bond donors (Lipinski definition) is 1. The van der Waals surface area contributed by atoms with Crippen molar-refractivity contribution in [1.29, 1.82) is 0 Å². The topological polar surface area (TPSA) is 32.3 Å². The quantitative estimate of drug-likeness (QED) is 0.330. The first kappa shape index (κ1) is 26.3. The van der Waals surface area contributed by atoms with E-state index in [0.717, 1.165) is 50.2 Å². The fourth-order valence-electron chi connectivity index (χ4n) is 5.22. The predicted octanol–water partition coefficient (Wildman–Crippen LogP) is 6.80. The van der Waals surface area contributed by atoms with Gasteiger partial charge in [0.05, 0.1) is 6.17 Å². The van der Waals surface area contributed by atoms with Crippen LogP contribution < -0.4 is 5.32 Å². The normalized spacial score (nSPS) is 15.8. The number of benzene rings is 3. The van der Waals surface area contributed by atoms with E-state index in [-0.39, 0.29) is 24.0 Å². The summed E-state index contributed by atoms with van der Waals surface area (Å²) in [4.78, 5) is 13.9. The molecule has 1 aliphatic rings. The molecule has 1 heterocycles. The van der Waals surface area contributed by atoms with Gasteiger partial charge >= 0.3 is 0 Å². The summed E-state index contributed by atoms with van der Waals surface area (Å²) in [5.74, 6) is 0.550. The molecule has 1 atom stereocenters. The van der Waals surface area contributed by atoms with Gasteiger partial charge in [-0.15, -0.1) is 12.4 Å². The maximum absolute atomic E-state index is 11.5. The molecule has 3 nitrogen and oxygen atoms in total. The summed E-state index contributed by atoms with van der Waals surface area (Å²) in [5, 5.41) is 3.90. The van der Waals surface area contributed by atoms with Gasteiger partial charge in [0, 0.05) is 23.5 Å². The van der Waals surface area contributed by atoms with Crippen molar-refractivity contribution in [2.75, 3.05) is 13.1 Å². The molecule has 0 bridgehead atoms. The summed E-state index contributed by atoms with van der Waals surface area (Å²) in [7, 11) is 0. The summed E-state index contributed by atoms with van der Waals surface area (Å²) in [6.45, 7) is 4.28. The van der Waals surface area contributed by atoms with Gasteiger partial charge in [0.15, 0.2) is 0 Å². The lowest BCUT2D eigenvalue weighted by atomic mass is 9.72. The lowest BCUT2D eigenvalue weighted by molar-refractivity contribution is -0.111. The number of nitrogens with one attached hydrogen (secondary N) is 1. The average molecular weight is 498 g/mol. The number of halogens is 2. The molecule has 1 amide bonds. The van der Waals surface area contributed by atoms with Crippen LogP contribution in [0, 0.1) is 0 Å². The van der Waals surface area contributed by atoms with Gasteiger partial charge in [0.25, 0.3) is 0 Å². The van der Waals surface area contributed by atoms with Gasteiger partial charge in [-0.25, -0.2) is 0 Å². The highest BCUT2D eigenvalue weighted by molar-refractivity contribution is 6.30. The molecule has 3 aromatic carbocycles. The van der Waals surface area contributed by atoms with E-state index in [4.69, 9.17) is 11.6 Å². The van der Waals surface area contributed by atoms with Crippen molar-refractivity contribution in [1.82, 2.24) is 10.2 Å². The standard InChI is InChI=1S/C29H33ClN2O.ClH/c1-29(25-8-4-2-5-9-25,26-10-6-3-7-11-26)19-16-28(31-22-33)32-20-17-24(18-21-32)23-12-14-27(30)15-13-23;/h2-15,22,24,28H,16-21H2,1H3,(H,31,33);1H. The van der Waals surface area contributed by atoms with Crippen LogP contribution in [0.5, 0.6) is 0 Å². The lowest BCUT2D eigenvalue weighted by Crippen LogP contribution is -2.49. The summed E-state index contributed by atoms with van der Waals surface area (Å²) in [5.41, 5.74) is 3.86. The van der Waals surface area contributed by atoms with Gasteiger partial charge in [-0.3, -0.25) is 9.69 Å². The van der Waals surface area contributed by atoms with Crippen molar-refractivity contribution < 1.29 is 4.79 Å². The smallest absolute Gasteiger partial charge is 0.208 e. The Balaban J connectivity index is 0.00000324. The van der Waals surface area contributed by atoms with Crippen molar-refractivity contribution >= 4 is 30.4 Å². The Hall–Kier alpha value is -2.33. The molecule has 0 aromatic heterocycles. The van der Waals surface area contributed by atoms with Gasteiger partial charge in [0.1, 0.15) is 0 Å². The van der Waals surface area contributed by atoms with Crippen LogP contribution in [0.3, 0.4) is 0 Å². The Morgan fingerprint density at radius 2 is 1.47 bits per heavy atom. The zero-order chi connectivity index (χ0) is 23.1. The first-order valence-corrected chi connectivity index (χ1v) is 12.3. The van der Waals surface area contributed by atoms with Gasteiger partial charge < -0.3 is 5.32 Å². The third kappa shape index (κ3) is 6.21. The third-order valence-electron chi connectivity index (χ3n) is 7.31. The molecule has 1 saturated heterocycles.